The lowest BCUT2D eigenvalue weighted by Crippen LogP contribution is -2.17. The molecule has 0 saturated carbocycles. The van der Waals surface area contributed by atoms with Crippen LogP contribution >= 0.6 is 0 Å². The van der Waals surface area contributed by atoms with Gasteiger partial charge in [-0.25, -0.2) is 9.59 Å². The van der Waals surface area contributed by atoms with Gasteiger partial charge in [-0.3, -0.25) is 9.97 Å². The van der Waals surface area contributed by atoms with E-state index in [4.69, 9.17) is 9.47 Å². The number of carbonyl (C=O) groups is 2. The normalized spacial score (nSPS) is 10.2. The van der Waals surface area contributed by atoms with Crippen LogP contribution in [0.3, 0.4) is 0 Å². The van der Waals surface area contributed by atoms with Crippen LogP contribution in [0.15, 0.2) is 49.1 Å². The summed E-state index contributed by atoms with van der Waals surface area (Å²) >= 11 is 0. The molecule has 0 amide bonds. The van der Waals surface area contributed by atoms with Crippen LogP contribution < -0.4 is 0 Å². The molecule has 3 aromatic rings. The molecule has 0 saturated heterocycles. The van der Waals surface area contributed by atoms with E-state index in [2.05, 4.69) is 30.4 Å². The second kappa shape index (κ2) is 8.33. The van der Waals surface area contributed by atoms with Gasteiger partial charge in [0.25, 0.3) is 11.6 Å². The van der Waals surface area contributed by atoms with Gasteiger partial charge < -0.3 is 9.47 Å². The lowest BCUT2D eigenvalue weighted by Gasteiger charge is -2.04. The zero-order chi connectivity index (χ0) is 18.2. The van der Waals surface area contributed by atoms with E-state index in [0.29, 0.717) is 11.1 Å². The van der Waals surface area contributed by atoms with Crippen molar-refractivity contribution in [3.05, 3.63) is 71.8 Å². The van der Waals surface area contributed by atoms with Crippen molar-refractivity contribution in [3.8, 4) is 0 Å². The third-order valence-corrected chi connectivity index (χ3v) is 3.03. The van der Waals surface area contributed by atoms with Gasteiger partial charge in [0.1, 0.15) is 13.2 Å². The third-order valence-electron chi connectivity index (χ3n) is 3.03. The molecule has 0 bridgehead atoms. The summed E-state index contributed by atoms with van der Waals surface area (Å²) in [7, 11) is 0. The Morgan fingerprint density at radius 1 is 0.731 bits per heavy atom. The molecule has 10 heteroatoms. The molecule has 26 heavy (non-hydrogen) atoms. The number of ether oxygens (including phenoxy) is 2. The van der Waals surface area contributed by atoms with Crippen molar-refractivity contribution in [3.63, 3.8) is 0 Å². The fourth-order valence-electron chi connectivity index (χ4n) is 1.79. The van der Waals surface area contributed by atoms with Gasteiger partial charge in [-0.15, -0.1) is 20.4 Å². The highest BCUT2D eigenvalue weighted by molar-refractivity contribution is 5.86. The summed E-state index contributed by atoms with van der Waals surface area (Å²) in [6.45, 7) is 0.00980. The smallest absolute Gasteiger partial charge is 0.380 e. The van der Waals surface area contributed by atoms with Crippen LogP contribution in [-0.4, -0.2) is 42.3 Å². The Labute approximate surface area is 147 Å². The topological polar surface area (TPSA) is 130 Å². The fourth-order valence-corrected chi connectivity index (χ4v) is 1.79. The number of aromatic nitrogens is 6. The maximum absolute atomic E-state index is 11.8. The first-order valence-corrected chi connectivity index (χ1v) is 7.42. The van der Waals surface area contributed by atoms with E-state index >= 15 is 0 Å². The Morgan fingerprint density at radius 3 is 1.50 bits per heavy atom. The highest BCUT2D eigenvalue weighted by Gasteiger charge is 2.17. The quantitative estimate of drug-likeness (QED) is 0.586. The Morgan fingerprint density at radius 2 is 1.15 bits per heavy atom. The summed E-state index contributed by atoms with van der Waals surface area (Å²) in [5.41, 5.74) is 1.41. The predicted molar refractivity (Wildman–Crippen MR) is 84.3 cm³/mol. The standard InChI is InChI=1S/C16H12N6O4/c23-15(25-9-11-3-1-5-17-7-11)13-19-21-14(22-20-13)16(24)26-10-12-4-2-6-18-8-12/h1-8H,9-10H2. The Kier molecular flexibility index (Phi) is 5.45. The Balaban J connectivity index is 1.53. The molecule has 0 N–H and O–H groups in total. The number of nitrogens with zero attached hydrogens (tertiary/aromatic N) is 6. The molecule has 0 atom stereocenters. The van der Waals surface area contributed by atoms with Gasteiger partial charge in [-0.1, -0.05) is 12.1 Å². The molecular formula is C16H12N6O4. The lowest BCUT2D eigenvalue weighted by atomic mass is 10.3. The largest absolute Gasteiger partial charge is 0.455 e. The van der Waals surface area contributed by atoms with Crippen LogP contribution in [0.5, 0.6) is 0 Å². The molecule has 130 valence electrons. The summed E-state index contributed by atoms with van der Waals surface area (Å²) in [4.78, 5) is 31.5. The number of esters is 2. The average molecular weight is 352 g/mol. The number of hydrogen-bond donors (Lipinski definition) is 0. The maximum Gasteiger partial charge on any atom is 0.380 e. The van der Waals surface area contributed by atoms with Crippen LogP contribution in [0.25, 0.3) is 0 Å². The number of carbonyl (C=O) groups excluding carboxylic acids is 2. The number of rotatable bonds is 6. The summed E-state index contributed by atoms with van der Waals surface area (Å²) < 4.78 is 10.0. The van der Waals surface area contributed by atoms with Gasteiger partial charge in [-0.05, 0) is 12.1 Å². The average Bonchev–Trinajstić information content (AvgIpc) is 2.72. The first-order chi connectivity index (χ1) is 12.7. The van der Waals surface area contributed by atoms with Crippen molar-refractivity contribution in [2.45, 2.75) is 13.2 Å². The molecule has 0 aliphatic carbocycles. The minimum Gasteiger partial charge on any atom is -0.455 e. The van der Waals surface area contributed by atoms with Crippen LogP contribution in [0.1, 0.15) is 32.4 Å². The van der Waals surface area contributed by atoms with Crippen LogP contribution in [-0.2, 0) is 22.7 Å². The maximum atomic E-state index is 11.8. The van der Waals surface area contributed by atoms with Gasteiger partial charge in [0, 0.05) is 35.9 Å². The van der Waals surface area contributed by atoms with Crippen molar-refractivity contribution in [1.29, 1.82) is 0 Å². The van der Waals surface area contributed by atoms with E-state index in [9.17, 15) is 9.59 Å². The second-order valence-corrected chi connectivity index (χ2v) is 4.92. The summed E-state index contributed by atoms with van der Waals surface area (Å²) in [5, 5.41) is 14.2. The van der Waals surface area contributed by atoms with Crippen molar-refractivity contribution in [2.24, 2.45) is 0 Å². The van der Waals surface area contributed by atoms with Crippen molar-refractivity contribution < 1.29 is 19.1 Å². The predicted octanol–water partition coefficient (Wildman–Crippen LogP) is 0.771. The first kappa shape index (κ1) is 17.0. The molecule has 0 radical (unpaired) electrons. The molecule has 3 aromatic heterocycles. The summed E-state index contributed by atoms with van der Waals surface area (Å²) in [6.07, 6.45) is 6.33. The van der Waals surface area contributed by atoms with E-state index in [0.717, 1.165) is 0 Å². The molecule has 3 heterocycles. The van der Waals surface area contributed by atoms with Crippen LogP contribution in [0.4, 0.5) is 0 Å². The fraction of sp³-hybridized carbons (Fsp3) is 0.125. The van der Waals surface area contributed by atoms with Gasteiger partial charge in [0.15, 0.2) is 0 Å². The number of pyridine rings is 2. The Bertz CT molecular complexity index is 800. The van der Waals surface area contributed by atoms with Crippen molar-refractivity contribution >= 4 is 11.9 Å². The van der Waals surface area contributed by atoms with Gasteiger partial charge in [-0.2, -0.15) is 0 Å². The van der Waals surface area contributed by atoms with Crippen molar-refractivity contribution in [1.82, 2.24) is 30.4 Å². The van der Waals surface area contributed by atoms with Crippen molar-refractivity contribution in [2.75, 3.05) is 0 Å². The summed E-state index contributed by atoms with van der Waals surface area (Å²) in [6, 6.07) is 6.93. The zero-order valence-corrected chi connectivity index (χ0v) is 13.3. The van der Waals surface area contributed by atoms with Gasteiger partial charge in [0.2, 0.25) is 0 Å². The van der Waals surface area contributed by atoms with E-state index in [1.165, 1.54) is 0 Å². The van der Waals surface area contributed by atoms with E-state index in [1.54, 1.807) is 49.1 Å². The SMILES string of the molecule is O=C(OCc1cccnc1)c1nnc(C(=O)OCc2cccnc2)nn1. The van der Waals surface area contributed by atoms with E-state index in [-0.39, 0.29) is 24.9 Å². The second-order valence-electron chi connectivity index (χ2n) is 4.92. The van der Waals surface area contributed by atoms with E-state index < -0.39 is 11.9 Å². The lowest BCUT2D eigenvalue weighted by molar-refractivity contribution is 0.0428. The molecule has 3 rings (SSSR count). The molecule has 0 aromatic carbocycles. The van der Waals surface area contributed by atoms with Gasteiger partial charge >= 0.3 is 11.9 Å². The highest BCUT2D eigenvalue weighted by Crippen LogP contribution is 2.03. The molecule has 0 fully saturated rings. The molecule has 0 unspecified atom stereocenters. The minimum absolute atomic E-state index is 0.00490. The monoisotopic (exact) mass is 352 g/mol. The Hall–Kier alpha value is -3.82. The molecule has 0 spiro atoms. The third kappa shape index (κ3) is 4.60. The van der Waals surface area contributed by atoms with Gasteiger partial charge in [0.05, 0.1) is 0 Å². The molecule has 10 nitrogen and oxygen atoms in total. The number of hydrogen-bond acceptors (Lipinski definition) is 10. The zero-order valence-electron chi connectivity index (χ0n) is 13.3. The molecule has 0 aliphatic heterocycles. The van der Waals surface area contributed by atoms with E-state index in [1.807, 2.05) is 0 Å². The van der Waals surface area contributed by atoms with Crippen LogP contribution in [0, 0.1) is 0 Å². The van der Waals surface area contributed by atoms with Crippen LogP contribution in [0.2, 0.25) is 0 Å². The first-order valence-electron chi connectivity index (χ1n) is 7.42. The molecule has 0 aliphatic rings. The summed E-state index contributed by atoms with van der Waals surface area (Å²) in [5.74, 6) is -2.36. The minimum atomic E-state index is -0.816. The molecular weight excluding hydrogens is 340 g/mol. The highest BCUT2D eigenvalue weighted by atomic mass is 16.5.